The molecule has 0 spiro atoms. The first-order valence-electron chi connectivity index (χ1n) is 15.6. The minimum Gasteiger partial charge on any atom is -0.256 e. The summed E-state index contributed by atoms with van der Waals surface area (Å²) in [5.41, 5.74) is 14.8. The standard InChI is InChI=1S/C42H26N4S2/c1-2-6-27(7-3-1)28-10-12-29(13-11-28)30-14-15-35-36(20-30)42(38-22-32(17-19-46-38)40-24-44-26-48-40)34-9-5-4-8-33(34)41(35)37-21-31(16-18-45-37)39-23-43-25-47-39/h1-26H. The number of rotatable bonds is 6. The number of fused-ring (bicyclic) bond motifs is 2. The van der Waals surface area contributed by atoms with E-state index in [0.717, 1.165) is 76.1 Å². The van der Waals surface area contributed by atoms with Crippen LogP contribution in [0.3, 0.4) is 0 Å². The molecule has 9 aromatic rings. The molecule has 4 aromatic heterocycles. The SMILES string of the molecule is c1ccc(-c2ccc(-c3ccc4c(-c5cc(-c6cncs6)ccn5)c5ccccc5c(-c5cc(-c6cncs6)ccn5)c4c3)cc2)cc1. The lowest BCUT2D eigenvalue weighted by molar-refractivity contribution is 1.33. The fourth-order valence-electron chi connectivity index (χ4n) is 6.55. The highest BCUT2D eigenvalue weighted by atomic mass is 32.1. The zero-order valence-electron chi connectivity index (χ0n) is 25.6. The monoisotopic (exact) mass is 650 g/mol. The van der Waals surface area contributed by atoms with Gasteiger partial charge in [0, 0.05) is 35.9 Å². The van der Waals surface area contributed by atoms with Crippen molar-refractivity contribution < 1.29 is 0 Å². The van der Waals surface area contributed by atoms with Gasteiger partial charge in [0.15, 0.2) is 0 Å². The molecule has 0 unspecified atom stereocenters. The first-order chi connectivity index (χ1) is 23.8. The molecule has 5 aromatic carbocycles. The maximum Gasteiger partial charge on any atom is 0.0797 e. The number of hydrogen-bond donors (Lipinski definition) is 0. The highest BCUT2D eigenvalue weighted by Gasteiger charge is 2.20. The van der Waals surface area contributed by atoms with Crippen molar-refractivity contribution in [3.8, 4) is 65.6 Å². The lowest BCUT2D eigenvalue weighted by atomic mass is 9.86. The molecular formula is C42H26N4S2. The average molecular weight is 651 g/mol. The van der Waals surface area contributed by atoms with E-state index in [-0.39, 0.29) is 0 Å². The second kappa shape index (κ2) is 12.1. The molecule has 9 rings (SSSR count). The van der Waals surface area contributed by atoms with Crippen molar-refractivity contribution in [3.63, 3.8) is 0 Å². The Kier molecular flexibility index (Phi) is 7.15. The van der Waals surface area contributed by atoms with Crippen LogP contribution >= 0.6 is 22.7 Å². The lowest BCUT2D eigenvalue weighted by Gasteiger charge is -2.18. The van der Waals surface area contributed by atoms with Crippen LogP contribution in [0.1, 0.15) is 0 Å². The molecule has 4 heterocycles. The zero-order chi connectivity index (χ0) is 31.9. The summed E-state index contributed by atoms with van der Waals surface area (Å²) in [6.07, 6.45) is 7.65. The van der Waals surface area contributed by atoms with Crippen LogP contribution in [-0.2, 0) is 0 Å². The quantitative estimate of drug-likeness (QED) is 0.168. The molecule has 226 valence electrons. The summed E-state index contributed by atoms with van der Waals surface area (Å²) in [5, 5.41) is 4.54. The van der Waals surface area contributed by atoms with Gasteiger partial charge in [-0.15, -0.1) is 22.7 Å². The van der Waals surface area contributed by atoms with Crippen LogP contribution in [0.25, 0.3) is 87.2 Å². The molecule has 0 bridgehead atoms. The van der Waals surface area contributed by atoms with Gasteiger partial charge < -0.3 is 0 Å². The van der Waals surface area contributed by atoms with E-state index < -0.39 is 0 Å². The van der Waals surface area contributed by atoms with Gasteiger partial charge in [0.05, 0.1) is 32.2 Å². The first-order valence-corrected chi connectivity index (χ1v) is 17.4. The van der Waals surface area contributed by atoms with E-state index in [9.17, 15) is 0 Å². The molecule has 0 atom stereocenters. The number of benzene rings is 5. The predicted molar refractivity (Wildman–Crippen MR) is 201 cm³/mol. The number of hydrogen-bond acceptors (Lipinski definition) is 6. The van der Waals surface area contributed by atoms with E-state index in [1.54, 1.807) is 22.7 Å². The van der Waals surface area contributed by atoms with Crippen LogP contribution < -0.4 is 0 Å². The van der Waals surface area contributed by atoms with Crippen molar-refractivity contribution in [1.82, 2.24) is 19.9 Å². The second-order valence-corrected chi connectivity index (χ2v) is 13.4. The summed E-state index contributed by atoms with van der Waals surface area (Å²) in [5.74, 6) is 0. The summed E-state index contributed by atoms with van der Waals surface area (Å²) in [6, 6.07) is 43.3. The fraction of sp³-hybridized carbons (Fsp3) is 0. The molecule has 0 fully saturated rings. The van der Waals surface area contributed by atoms with E-state index >= 15 is 0 Å². The van der Waals surface area contributed by atoms with Crippen molar-refractivity contribution in [1.29, 1.82) is 0 Å². The third-order valence-electron chi connectivity index (χ3n) is 8.82. The third kappa shape index (κ3) is 5.08. The molecular weight excluding hydrogens is 625 g/mol. The van der Waals surface area contributed by atoms with Gasteiger partial charge in [-0.05, 0) is 85.3 Å². The molecule has 0 amide bonds. The summed E-state index contributed by atoms with van der Waals surface area (Å²) in [6.45, 7) is 0. The Morgan fingerprint density at radius 3 is 1.42 bits per heavy atom. The summed E-state index contributed by atoms with van der Waals surface area (Å²) in [4.78, 5) is 20.8. The van der Waals surface area contributed by atoms with Gasteiger partial charge in [0.25, 0.3) is 0 Å². The van der Waals surface area contributed by atoms with E-state index in [4.69, 9.17) is 9.97 Å². The van der Waals surface area contributed by atoms with Crippen LogP contribution in [0.15, 0.2) is 157 Å². The maximum absolute atomic E-state index is 4.98. The number of nitrogens with zero attached hydrogens (tertiary/aromatic N) is 4. The Labute approximate surface area is 285 Å². The van der Waals surface area contributed by atoms with Crippen LogP contribution in [0.4, 0.5) is 0 Å². The van der Waals surface area contributed by atoms with Gasteiger partial charge in [-0.1, -0.05) is 91.0 Å². The number of thiazole rings is 2. The zero-order valence-corrected chi connectivity index (χ0v) is 27.2. The molecule has 0 saturated carbocycles. The second-order valence-electron chi connectivity index (χ2n) is 11.6. The van der Waals surface area contributed by atoms with Gasteiger partial charge in [-0.3, -0.25) is 19.9 Å². The Morgan fingerprint density at radius 1 is 0.375 bits per heavy atom. The van der Waals surface area contributed by atoms with E-state index in [0.29, 0.717) is 0 Å². The van der Waals surface area contributed by atoms with Crippen molar-refractivity contribution >= 4 is 44.2 Å². The Bertz CT molecular complexity index is 2540. The molecule has 0 saturated heterocycles. The normalized spacial score (nSPS) is 11.3. The van der Waals surface area contributed by atoms with Crippen molar-refractivity contribution in [2.75, 3.05) is 0 Å². The summed E-state index contributed by atoms with van der Waals surface area (Å²) < 4.78 is 0. The smallest absolute Gasteiger partial charge is 0.0797 e. The minimum absolute atomic E-state index is 0.927. The number of pyridine rings is 2. The van der Waals surface area contributed by atoms with Gasteiger partial charge in [-0.25, -0.2) is 0 Å². The maximum atomic E-state index is 4.98. The highest BCUT2D eigenvalue weighted by Crippen LogP contribution is 2.45. The van der Waals surface area contributed by atoms with Crippen LogP contribution in [0, 0.1) is 0 Å². The minimum atomic E-state index is 0.927. The van der Waals surface area contributed by atoms with Gasteiger partial charge in [0.2, 0.25) is 0 Å². The summed E-state index contributed by atoms with van der Waals surface area (Å²) >= 11 is 3.27. The average Bonchev–Trinajstić information content (AvgIpc) is 3.90. The van der Waals surface area contributed by atoms with Gasteiger partial charge in [-0.2, -0.15) is 0 Å². The summed E-state index contributed by atoms with van der Waals surface area (Å²) in [7, 11) is 0. The molecule has 0 aliphatic rings. The van der Waals surface area contributed by atoms with Gasteiger partial charge in [0.1, 0.15) is 0 Å². The van der Waals surface area contributed by atoms with Crippen LogP contribution in [-0.4, -0.2) is 19.9 Å². The fourth-order valence-corrected chi connectivity index (χ4v) is 7.79. The molecule has 48 heavy (non-hydrogen) atoms. The molecule has 4 nitrogen and oxygen atoms in total. The molecule has 0 aliphatic heterocycles. The van der Waals surface area contributed by atoms with Crippen LogP contribution in [0.2, 0.25) is 0 Å². The van der Waals surface area contributed by atoms with Crippen molar-refractivity contribution in [2.45, 2.75) is 0 Å². The van der Waals surface area contributed by atoms with E-state index in [1.165, 1.54) is 11.1 Å². The first kappa shape index (κ1) is 28.4. The topological polar surface area (TPSA) is 51.6 Å². The largest absolute Gasteiger partial charge is 0.256 e. The number of aromatic nitrogens is 4. The molecule has 6 heteroatoms. The van der Waals surface area contributed by atoms with E-state index in [2.05, 4.69) is 131 Å². The Morgan fingerprint density at radius 2 is 0.854 bits per heavy atom. The van der Waals surface area contributed by atoms with Crippen molar-refractivity contribution in [3.05, 3.63) is 157 Å². The lowest BCUT2D eigenvalue weighted by Crippen LogP contribution is -1.95. The molecule has 0 aliphatic carbocycles. The van der Waals surface area contributed by atoms with Crippen LogP contribution in [0.5, 0.6) is 0 Å². The van der Waals surface area contributed by atoms with Gasteiger partial charge >= 0.3 is 0 Å². The van der Waals surface area contributed by atoms with Crippen molar-refractivity contribution in [2.24, 2.45) is 0 Å². The highest BCUT2D eigenvalue weighted by molar-refractivity contribution is 7.13. The molecule has 0 radical (unpaired) electrons. The Balaban J connectivity index is 1.30. The third-order valence-corrected chi connectivity index (χ3v) is 10.5. The molecule has 0 N–H and O–H groups in total. The predicted octanol–water partition coefficient (Wildman–Crippen LogP) is 11.7. The van der Waals surface area contributed by atoms with E-state index in [1.807, 2.05) is 35.8 Å². The Hall–Kier alpha value is -5.82.